The number of esters is 2. The largest absolute Gasteiger partial charge is 0.497 e. The first-order valence-electron chi connectivity index (χ1n) is 19.1. The van der Waals surface area contributed by atoms with Crippen molar-refractivity contribution in [1.82, 2.24) is 30.4 Å². The number of hydrogen-bond donors (Lipinski definition) is 4. The van der Waals surface area contributed by atoms with E-state index in [0.717, 1.165) is 0 Å². The highest BCUT2D eigenvalue weighted by atomic mass is 19.1. The number of benzene rings is 3. The molecule has 2 aromatic heterocycles. The van der Waals surface area contributed by atoms with Crippen LogP contribution in [-0.4, -0.2) is 90.5 Å². The molecule has 0 bridgehead atoms. The van der Waals surface area contributed by atoms with Crippen LogP contribution in [0.25, 0.3) is 0 Å². The fourth-order valence-electron chi connectivity index (χ4n) is 5.86. The minimum absolute atomic E-state index is 0.0195. The van der Waals surface area contributed by atoms with Crippen LogP contribution in [-0.2, 0) is 19.0 Å². The molecule has 5 aromatic rings. The number of ether oxygens (including phenoxy) is 6. The van der Waals surface area contributed by atoms with Gasteiger partial charge < -0.3 is 44.4 Å². The zero-order chi connectivity index (χ0) is 44.1. The van der Waals surface area contributed by atoms with Gasteiger partial charge in [-0.25, -0.2) is 14.2 Å². The van der Waals surface area contributed by atoms with Crippen molar-refractivity contribution in [1.29, 1.82) is 5.41 Å². The van der Waals surface area contributed by atoms with Crippen molar-refractivity contribution >= 4 is 35.6 Å². The molecular formula is C43H44FN9O9. The molecule has 322 valence electrons. The van der Waals surface area contributed by atoms with Gasteiger partial charge in [0.2, 0.25) is 13.1 Å². The number of nitrogens with zero attached hydrogens (tertiary/aromatic N) is 5. The van der Waals surface area contributed by atoms with Crippen molar-refractivity contribution in [3.63, 3.8) is 0 Å². The Morgan fingerprint density at radius 1 is 0.935 bits per heavy atom. The van der Waals surface area contributed by atoms with Gasteiger partial charge in [-0.05, 0) is 74.5 Å². The van der Waals surface area contributed by atoms with Crippen LogP contribution in [0.1, 0.15) is 63.8 Å². The average molecular weight is 850 g/mol. The monoisotopic (exact) mass is 849 g/mol. The Bertz CT molecular complexity index is 2410. The first-order chi connectivity index (χ1) is 30.0. The number of anilines is 1. The van der Waals surface area contributed by atoms with E-state index in [1.807, 2.05) is 0 Å². The highest BCUT2D eigenvalue weighted by Crippen LogP contribution is 2.36. The zero-order valence-electron chi connectivity index (χ0n) is 34.2. The van der Waals surface area contributed by atoms with Crippen LogP contribution in [0.2, 0.25) is 0 Å². The summed E-state index contributed by atoms with van der Waals surface area (Å²) in [6, 6.07) is 19.4. The lowest BCUT2D eigenvalue weighted by molar-refractivity contribution is -0.164. The molecule has 62 heavy (non-hydrogen) atoms. The van der Waals surface area contributed by atoms with E-state index in [1.165, 1.54) is 61.8 Å². The molecule has 18 nitrogen and oxygen atoms in total. The number of amidine groups is 1. The molecule has 1 amide bonds. The van der Waals surface area contributed by atoms with Gasteiger partial charge in [0, 0.05) is 60.4 Å². The summed E-state index contributed by atoms with van der Waals surface area (Å²) in [6.45, 7) is 2.45. The van der Waals surface area contributed by atoms with Gasteiger partial charge in [-0.3, -0.25) is 20.0 Å². The summed E-state index contributed by atoms with van der Waals surface area (Å²) < 4.78 is 51.2. The third-order valence-corrected chi connectivity index (χ3v) is 9.03. The summed E-state index contributed by atoms with van der Waals surface area (Å²) >= 11 is 0. The van der Waals surface area contributed by atoms with Gasteiger partial charge in [-0.15, -0.1) is 5.10 Å². The molecule has 0 saturated carbocycles. The summed E-state index contributed by atoms with van der Waals surface area (Å²) in [7, 11) is 2.87. The van der Waals surface area contributed by atoms with Crippen LogP contribution in [0.15, 0.2) is 109 Å². The molecule has 1 unspecified atom stereocenters. The number of hydrogen-bond acceptors (Lipinski definition) is 16. The van der Waals surface area contributed by atoms with Gasteiger partial charge in [0.05, 0.1) is 24.7 Å². The molecule has 6 rings (SSSR count). The minimum Gasteiger partial charge on any atom is -0.497 e. The minimum atomic E-state index is -1.20. The number of aromatic nitrogens is 4. The Morgan fingerprint density at radius 3 is 2.39 bits per heavy atom. The number of methoxy groups -OCH3 is 2. The predicted octanol–water partition coefficient (Wildman–Crippen LogP) is 5.21. The van der Waals surface area contributed by atoms with Gasteiger partial charge in [0.1, 0.15) is 30.8 Å². The Kier molecular flexibility index (Phi) is 14.5. The molecule has 3 aromatic carbocycles. The van der Waals surface area contributed by atoms with Gasteiger partial charge >= 0.3 is 17.9 Å². The maximum atomic E-state index is 16.8. The zero-order valence-corrected chi connectivity index (χ0v) is 34.2. The molecule has 3 heterocycles. The molecular weight excluding hydrogens is 806 g/mol. The lowest BCUT2D eigenvalue weighted by Gasteiger charge is -2.21. The fraction of sp³-hybridized carbons (Fsp3) is 0.256. The van der Waals surface area contributed by atoms with Crippen molar-refractivity contribution < 1.29 is 47.2 Å². The van der Waals surface area contributed by atoms with Crippen LogP contribution in [0.3, 0.4) is 0 Å². The fourth-order valence-corrected chi connectivity index (χ4v) is 5.86. The van der Waals surface area contributed by atoms with Crippen molar-refractivity contribution in [2.45, 2.75) is 26.2 Å². The van der Waals surface area contributed by atoms with E-state index >= 15 is 4.39 Å². The van der Waals surface area contributed by atoms with Crippen LogP contribution in [0, 0.1) is 16.6 Å². The molecule has 1 aliphatic rings. The van der Waals surface area contributed by atoms with Crippen molar-refractivity contribution in [2.24, 2.45) is 10.4 Å². The van der Waals surface area contributed by atoms with Crippen LogP contribution >= 0.6 is 0 Å². The summed E-state index contributed by atoms with van der Waals surface area (Å²) in [6.07, 6.45) is 6.89. The van der Waals surface area contributed by atoms with Gasteiger partial charge in [-0.2, -0.15) is 9.67 Å². The molecule has 0 saturated heterocycles. The van der Waals surface area contributed by atoms with E-state index in [0.29, 0.717) is 22.4 Å². The number of rotatable bonds is 19. The second-order valence-electron chi connectivity index (χ2n) is 14.0. The van der Waals surface area contributed by atoms with E-state index in [1.54, 1.807) is 80.7 Å². The molecule has 1 aliphatic heterocycles. The number of allylic oxidation sites excluding steroid dienone is 1. The highest BCUT2D eigenvalue weighted by molar-refractivity contribution is 6.11. The quantitative estimate of drug-likeness (QED) is 0.0276. The van der Waals surface area contributed by atoms with E-state index in [4.69, 9.17) is 38.9 Å². The molecule has 0 spiro atoms. The molecule has 0 fully saturated rings. The molecule has 0 aliphatic carbocycles. The molecule has 0 radical (unpaired) electrons. The Hall–Kier alpha value is -7.67. The summed E-state index contributed by atoms with van der Waals surface area (Å²) in [4.78, 5) is 51.0. The van der Waals surface area contributed by atoms with Crippen molar-refractivity contribution in [3.8, 4) is 17.5 Å². The lowest BCUT2D eigenvalue weighted by atomic mass is 9.95. The van der Waals surface area contributed by atoms with Gasteiger partial charge in [0.15, 0.2) is 17.4 Å². The second kappa shape index (κ2) is 20.5. The van der Waals surface area contributed by atoms with Crippen LogP contribution in [0.5, 0.6) is 17.5 Å². The number of nitrogens with one attached hydrogen (secondary N) is 4. The summed E-state index contributed by atoms with van der Waals surface area (Å²) in [5.41, 5.74) is 0.494. The van der Waals surface area contributed by atoms with E-state index in [9.17, 15) is 14.4 Å². The number of pyridine rings is 1. The first-order valence-corrected chi connectivity index (χ1v) is 19.1. The number of carbonyl (C=O) groups is 3. The topological polar surface area (TPSA) is 222 Å². The summed E-state index contributed by atoms with van der Waals surface area (Å²) in [5.74, 6) is -2.64. The normalized spacial score (nSPS) is 13.6. The smallest absolute Gasteiger partial charge is 0.338 e. The number of aliphatic imine (C=N–C) groups is 1. The van der Waals surface area contributed by atoms with Crippen molar-refractivity contribution in [2.75, 3.05) is 46.1 Å². The van der Waals surface area contributed by atoms with Gasteiger partial charge in [-0.1, -0.05) is 18.2 Å². The maximum absolute atomic E-state index is 16.8. The van der Waals surface area contributed by atoms with E-state index in [-0.39, 0.29) is 54.6 Å². The second-order valence-corrected chi connectivity index (χ2v) is 14.0. The average Bonchev–Trinajstić information content (AvgIpc) is 3.72. The SMILES string of the molecule is COCC(C)(C)C(=O)OCOc1nc([C@H](Nc2ccc(C(=N)NC(=O)c3ccccc3)cc2)c2cc(OC)cc(OCCOC(=O)c3ccncc3)c2F)nn1C1N=CC=CN1. The number of amides is 1. The Balaban J connectivity index is 1.31. The predicted molar refractivity (Wildman–Crippen MR) is 223 cm³/mol. The number of carbonyl (C=O) groups excluding carboxylic acids is 3. The van der Waals surface area contributed by atoms with E-state index in [2.05, 4.69) is 30.9 Å². The molecule has 4 N–H and O–H groups in total. The van der Waals surface area contributed by atoms with Gasteiger partial charge in [0.25, 0.3) is 5.91 Å². The Labute approximate surface area is 355 Å². The van der Waals surface area contributed by atoms with E-state index < -0.39 is 48.2 Å². The van der Waals surface area contributed by atoms with Crippen molar-refractivity contribution in [3.05, 3.63) is 137 Å². The third-order valence-electron chi connectivity index (χ3n) is 9.03. The third kappa shape index (κ3) is 11.1. The van der Waals surface area contributed by atoms with Crippen LogP contribution in [0.4, 0.5) is 10.1 Å². The Morgan fingerprint density at radius 2 is 1.69 bits per heavy atom. The standard InChI is InChI=1S/C43H44FN9O9/c1-43(2,25-57-3)40(56)61-26-62-42-51-37(52-53(42)41-47-17-8-18-48-41)35(49-30-13-11-27(12-14-30)36(45)50-38(54)28-9-6-5-7-10-28)32-23-31(58-4)24-33(34(32)44)59-21-22-60-39(55)29-15-19-46-20-16-29/h5-20,23-24,35,41,47,49H,21-22,25-26H2,1-4H3,(H2,45,50,54)/t35-,41?/m1/s1. The van der Waals surface area contributed by atoms with Crippen LogP contribution < -0.4 is 30.2 Å². The lowest BCUT2D eigenvalue weighted by Crippen LogP contribution is -2.32. The highest BCUT2D eigenvalue weighted by Gasteiger charge is 2.32. The first kappa shape index (κ1) is 43.9. The maximum Gasteiger partial charge on any atom is 0.338 e. The summed E-state index contributed by atoms with van der Waals surface area (Å²) in [5, 5.41) is 22.1. The molecule has 19 heteroatoms. The molecule has 2 atom stereocenters. The number of halogens is 1.